The second-order valence-corrected chi connectivity index (χ2v) is 4.08. The third kappa shape index (κ3) is 2.81. The first-order chi connectivity index (χ1) is 9.11. The molecule has 2 N–H and O–H groups in total. The van der Waals surface area contributed by atoms with Gasteiger partial charge in [0.1, 0.15) is 11.1 Å². The molecule has 0 aliphatic carbocycles. The van der Waals surface area contributed by atoms with Gasteiger partial charge in [0.25, 0.3) is 11.5 Å². The van der Waals surface area contributed by atoms with Gasteiger partial charge in [-0.1, -0.05) is 23.7 Å². The summed E-state index contributed by atoms with van der Waals surface area (Å²) in [7, 11) is 0. The quantitative estimate of drug-likeness (QED) is 0.879. The molecule has 0 spiro atoms. The number of hydrogen-bond acceptors (Lipinski definition) is 3. The molecule has 0 saturated heterocycles. The molecule has 0 bridgehead atoms. The SMILES string of the molecule is N#Cc1ccccc1NC(=O)c1c[nH]c(=O)c(Cl)c1. The van der Waals surface area contributed by atoms with Gasteiger partial charge < -0.3 is 10.3 Å². The summed E-state index contributed by atoms with van der Waals surface area (Å²) in [6, 6.07) is 9.85. The number of pyridine rings is 1. The molecule has 2 rings (SSSR count). The second kappa shape index (κ2) is 5.38. The second-order valence-electron chi connectivity index (χ2n) is 3.68. The summed E-state index contributed by atoms with van der Waals surface area (Å²) in [5.41, 5.74) is 0.497. The van der Waals surface area contributed by atoms with Gasteiger partial charge in [-0.05, 0) is 18.2 Å². The first kappa shape index (κ1) is 12.9. The molecule has 5 nitrogen and oxygen atoms in total. The highest BCUT2D eigenvalue weighted by Gasteiger charge is 2.10. The molecule has 0 aliphatic heterocycles. The van der Waals surface area contributed by atoms with E-state index in [9.17, 15) is 9.59 Å². The number of rotatable bonds is 2. The van der Waals surface area contributed by atoms with Gasteiger partial charge in [-0.15, -0.1) is 0 Å². The number of carbonyl (C=O) groups is 1. The van der Waals surface area contributed by atoms with Gasteiger partial charge in [-0.2, -0.15) is 5.26 Å². The Hall–Kier alpha value is -2.58. The third-order valence-corrected chi connectivity index (χ3v) is 2.70. The lowest BCUT2D eigenvalue weighted by Gasteiger charge is -2.06. The Balaban J connectivity index is 2.29. The molecule has 1 aromatic carbocycles. The predicted octanol–water partition coefficient (Wildman–Crippen LogP) is 2.15. The zero-order valence-electron chi connectivity index (χ0n) is 9.61. The zero-order chi connectivity index (χ0) is 13.8. The van der Waals surface area contributed by atoms with Gasteiger partial charge in [-0.25, -0.2) is 0 Å². The van der Waals surface area contributed by atoms with E-state index in [1.54, 1.807) is 24.3 Å². The number of nitrogens with zero attached hydrogens (tertiary/aromatic N) is 1. The van der Waals surface area contributed by atoms with E-state index in [0.29, 0.717) is 11.3 Å². The lowest BCUT2D eigenvalue weighted by atomic mass is 10.2. The van der Waals surface area contributed by atoms with E-state index in [4.69, 9.17) is 16.9 Å². The summed E-state index contributed by atoms with van der Waals surface area (Å²) in [6.07, 6.45) is 1.26. The summed E-state index contributed by atoms with van der Waals surface area (Å²) in [6.45, 7) is 0. The van der Waals surface area contributed by atoms with Crippen LogP contribution in [-0.2, 0) is 0 Å². The van der Waals surface area contributed by atoms with Crippen LogP contribution in [0.25, 0.3) is 0 Å². The fourth-order valence-corrected chi connectivity index (χ4v) is 1.64. The molecule has 0 aliphatic rings. The number of aromatic amines is 1. The monoisotopic (exact) mass is 273 g/mol. The maximum absolute atomic E-state index is 11.9. The van der Waals surface area contributed by atoms with Crippen LogP contribution in [0.15, 0.2) is 41.3 Å². The van der Waals surface area contributed by atoms with Crippen molar-refractivity contribution in [1.29, 1.82) is 5.26 Å². The van der Waals surface area contributed by atoms with Crippen molar-refractivity contribution < 1.29 is 4.79 Å². The van der Waals surface area contributed by atoms with E-state index in [1.165, 1.54) is 12.3 Å². The number of nitrogens with one attached hydrogen (secondary N) is 2. The number of para-hydroxylation sites is 1. The smallest absolute Gasteiger partial charge is 0.266 e. The van der Waals surface area contributed by atoms with E-state index >= 15 is 0 Å². The Morgan fingerprint density at radius 2 is 2.11 bits per heavy atom. The van der Waals surface area contributed by atoms with Gasteiger partial charge >= 0.3 is 0 Å². The fraction of sp³-hybridized carbons (Fsp3) is 0. The number of anilines is 1. The Morgan fingerprint density at radius 1 is 1.37 bits per heavy atom. The third-order valence-electron chi connectivity index (χ3n) is 2.42. The molecule has 1 aromatic heterocycles. The predicted molar refractivity (Wildman–Crippen MR) is 71.2 cm³/mol. The van der Waals surface area contributed by atoms with Crippen LogP contribution < -0.4 is 10.9 Å². The largest absolute Gasteiger partial charge is 0.327 e. The number of benzene rings is 1. The normalized spacial score (nSPS) is 9.68. The van der Waals surface area contributed by atoms with Crippen LogP contribution in [0, 0.1) is 11.3 Å². The van der Waals surface area contributed by atoms with Crippen LogP contribution in [0.4, 0.5) is 5.69 Å². The molecule has 94 valence electrons. The van der Waals surface area contributed by atoms with Gasteiger partial charge in [-0.3, -0.25) is 9.59 Å². The molecule has 0 fully saturated rings. The van der Waals surface area contributed by atoms with Gasteiger partial charge in [0.15, 0.2) is 0 Å². The number of halogens is 1. The lowest BCUT2D eigenvalue weighted by Crippen LogP contribution is -2.16. The van der Waals surface area contributed by atoms with E-state index in [0.717, 1.165) is 0 Å². The minimum atomic E-state index is -0.462. The molecular weight excluding hydrogens is 266 g/mol. The van der Waals surface area contributed by atoms with Gasteiger partial charge in [0.2, 0.25) is 0 Å². The zero-order valence-corrected chi connectivity index (χ0v) is 10.4. The average Bonchev–Trinajstić information content (AvgIpc) is 2.42. The van der Waals surface area contributed by atoms with Crippen molar-refractivity contribution in [2.45, 2.75) is 0 Å². The van der Waals surface area contributed by atoms with Crippen molar-refractivity contribution in [3.63, 3.8) is 0 Å². The number of aromatic nitrogens is 1. The van der Waals surface area contributed by atoms with Crippen molar-refractivity contribution in [3.05, 3.63) is 63.0 Å². The van der Waals surface area contributed by atoms with Gasteiger partial charge in [0, 0.05) is 6.20 Å². The molecule has 1 heterocycles. The highest BCUT2D eigenvalue weighted by molar-refractivity contribution is 6.30. The number of hydrogen-bond donors (Lipinski definition) is 2. The number of amides is 1. The van der Waals surface area contributed by atoms with E-state index in [-0.39, 0.29) is 10.6 Å². The van der Waals surface area contributed by atoms with Crippen molar-refractivity contribution in [1.82, 2.24) is 4.98 Å². The number of nitriles is 1. The topological polar surface area (TPSA) is 85.8 Å². The van der Waals surface area contributed by atoms with Crippen LogP contribution >= 0.6 is 11.6 Å². The molecule has 0 radical (unpaired) electrons. The standard InChI is InChI=1S/C13H8ClN3O2/c14-10-5-9(7-16-13(10)19)12(18)17-11-4-2-1-3-8(11)6-15/h1-5,7H,(H,16,19)(H,17,18). The first-order valence-corrected chi connectivity index (χ1v) is 5.68. The summed E-state index contributed by atoms with van der Waals surface area (Å²) >= 11 is 5.64. The molecule has 0 saturated carbocycles. The molecule has 0 unspecified atom stereocenters. The summed E-state index contributed by atoms with van der Waals surface area (Å²) in [5, 5.41) is 11.4. The average molecular weight is 274 g/mol. The van der Waals surface area contributed by atoms with E-state index in [2.05, 4.69) is 10.3 Å². The Labute approximate surface area is 113 Å². The minimum absolute atomic E-state index is 0.0683. The maximum atomic E-state index is 11.9. The molecule has 0 atom stereocenters. The minimum Gasteiger partial charge on any atom is -0.327 e. The van der Waals surface area contributed by atoms with Gasteiger partial charge in [0.05, 0.1) is 16.8 Å². The molecule has 19 heavy (non-hydrogen) atoms. The van der Waals surface area contributed by atoms with Crippen molar-refractivity contribution in [2.75, 3.05) is 5.32 Å². The molecule has 2 aromatic rings. The Morgan fingerprint density at radius 3 is 2.79 bits per heavy atom. The van der Waals surface area contributed by atoms with Crippen LogP contribution in [-0.4, -0.2) is 10.9 Å². The first-order valence-electron chi connectivity index (χ1n) is 5.30. The maximum Gasteiger partial charge on any atom is 0.266 e. The Bertz CT molecular complexity index is 731. The van der Waals surface area contributed by atoms with Crippen molar-refractivity contribution in [3.8, 4) is 6.07 Å². The summed E-state index contributed by atoms with van der Waals surface area (Å²) in [4.78, 5) is 25.4. The summed E-state index contributed by atoms with van der Waals surface area (Å²) in [5.74, 6) is -0.458. The molecule has 6 heteroatoms. The van der Waals surface area contributed by atoms with Crippen molar-refractivity contribution in [2.24, 2.45) is 0 Å². The number of H-pyrrole nitrogens is 1. The summed E-state index contributed by atoms with van der Waals surface area (Å²) < 4.78 is 0. The molecular formula is C13H8ClN3O2. The highest BCUT2D eigenvalue weighted by atomic mass is 35.5. The van der Waals surface area contributed by atoms with Crippen LogP contribution in [0.2, 0.25) is 5.02 Å². The number of carbonyl (C=O) groups excluding carboxylic acids is 1. The van der Waals surface area contributed by atoms with E-state index < -0.39 is 11.5 Å². The Kier molecular flexibility index (Phi) is 3.64. The van der Waals surface area contributed by atoms with E-state index in [1.807, 2.05) is 6.07 Å². The molecule has 1 amide bonds. The highest BCUT2D eigenvalue weighted by Crippen LogP contribution is 2.15. The van der Waals surface area contributed by atoms with Crippen LogP contribution in [0.1, 0.15) is 15.9 Å². The van der Waals surface area contributed by atoms with Crippen molar-refractivity contribution >= 4 is 23.2 Å². The van der Waals surface area contributed by atoms with Crippen LogP contribution in [0.3, 0.4) is 0 Å². The lowest BCUT2D eigenvalue weighted by molar-refractivity contribution is 0.102. The van der Waals surface area contributed by atoms with Crippen LogP contribution in [0.5, 0.6) is 0 Å². The fourth-order valence-electron chi connectivity index (χ4n) is 1.47.